The highest BCUT2D eigenvalue weighted by Gasteiger charge is 2.13. The van der Waals surface area contributed by atoms with Crippen LogP contribution in [0.2, 0.25) is 0 Å². The lowest BCUT2D eigenvalue weighted by molar-refractivity contribution is -0.115. The van der Waals surface area contributed by atoms with Crippen molar-refractivity contribution in [2.75, 3.05) is 10.7 Å². The molecule has 9 nitrogen and oxygen atoms in total. The van der Waals surface area contributed by atoms with E-state index in [0.29, 0.717) is 11.4 Å². The number of anilines is 2. The average Bonchev–Trinajstić information content (AvgIpc) is 2.38. The Balaban J connectivity index is 2.82. The number of hydrogen-bond acceptors (Lipinski definition) is 6. The molecule has 0 radical (unpaired) electrons. The summed E-state index contributed by atoms with van der Waals surface area (Å²) in [6.07, 6.45) is -1.59. The van der Waals surface area contributed by atoms with E-state index >= 15 is 0 Å². The van der Waals surface area contributed by atoms with E-state index in [-0.39, 0.29) is 5.91 Å². The summed E-state index contributed by atoms with van der Waals surface area (Å²) >= 11 is 0. The normalized spacial score (nSPS) is 10.2. The van der Waals surface area contributed by atoms with Crippen LogP contribution in [0.5, 0.6) is 0 Å². The van der Waals surface area contributed by atoms with Crippen molar-refractivity contribution in [2.45, 2.75) is 6.92 Å². The second-order valence-corrected chi connectivity index (χ2v) is 3.71. The number of rotatable bonds is 4. The van der Waals surface area contributed by atoms with Crippen LogP contribution in [-0.4, -0.2) is 28.7 Å². The highest BCUT2D eigenvalue weighted by Crippen LogP contribution is 2.14. The van der Waals surface area contributed by atoms with Crippen molar-refractivity contribution in [1.29, 1.82) is 5.26 Å². The van der Waals surface area contributed by atoms with E-state index in [1.54, 1.807) is 18.2 Å². The first-order chi connectivity index (χ1) is 9.92. The molecule has 1 aromatic carbocycles. The number of hydrazone groups is 1. The Morgan fingerprint density at radius 2 is 1.95 bits per heavy atom. The molecule has 0 fully saturated rings. The topological polar surface area (TPSA) is 144 Å². The Hall–Kier alpha value is -3.41. The highest BCUT2D eigenvalue weighted by molar-refractivity contribution is 6.46. The minimum Gasteiger partial charge on any atom is -0.465 e. The zero-order chi connectivity index (χ0) is 15.8. The van der Waals surface area contributed by atoms with Gasteiger partial charge >= 0.3 is 6.09 Å². The molecule has 0 aliphatic heterocycles. The van der Waals surface area contributed by atoms with E-state index in [1.807, 2.05) is 0 Å². The van der Waals surface area contributed by atoms with Crippen LogP contribution < -0.4 is 16.1 Å². The molecule has 21 heavy (non-hydrogen) atoms. The Morgan fingerprint density at radius 3 is 2.52 bits per heavy atom. The molecule has 0 atom stereocenters. The number of carboxylic acid groups (broad SMARTS) is 1. The molecule has 1 rings (SSSR count). The number of hydrogen-bond donors (Lipinski definition) is 4. The molecule has 4 N–H and O–H groups in total. The summed E-state index contributed by atoms with van der Waals surface area (Å²) in [7, 11) is 0. The van der Waals surface area contributed by atoms with Gasteiger partial charge in [0.2, 0.25) is 11.6 Å². The van der Waals surface area contributed by atoms with Gasteiger partial charge in [-0.3, -0.25) is 20.3 Å². The van der Waals surface area contributed by atoms with Crippen molar-refractivity contribution in [3.63, 3.8) is 0 Å². The van der Waals surface area contributed by atoms with Crippen LogP contribution in [0.25, 0.3) is 0 Å². The average molecular weight is 289 g/mol. The predicted octanol–water partition coefficient (Wildman–Crippen LogP) is 0.731. The maximum Gasteiger partial charge on any atom is 0.411 e. The van der Waals surface area contributed by atoms with Gasteiger partial charge in [0.05, 0.1) is 5.69 Å². The molecule has 0 unspecified atom stereocenters. The van der Waals surface area contributed by atoms with E-state index in [9.17, 15) is 14.4 Å². The molecule has 0 saturated heterocycles. The fourth-order valence-electron chi connectivity index (χ4n) is 1.27. The summed E-state index contributed by atoms with van der Waals surface area (Å²) in [4.78, 5) is 32.5. The standard InChI is InChI=1S/C12H11N5O4/c1-7(18)14-8-3-2-4-9(5-8)16-17-10(6-13)11(19)15-12(20)21/h2-5,16H,1H3,(H,14,18)(H,15,19)(H,20,21). The van der Waals surface area contributed by atoms with E-state index in [4.69, 9.17) is 10.4 Å². The number of imide groups is 1. The Labute approximate surface area is 119 Å². The molecule has 0 aliphatic carbocycles. The van der Waals surface area contributed by atoms with E-state index < -0.39 is 17.7 Å². The minimum atomic E-state index is -1.59. The summed E-state index contributed by atoms with van der Waals surface area (Å²) in [6.45, 7) is 1.35. The van der Waals surface area contributed by atoms with E-state index in [2.05, 4.69) is 15.8 Å². The van der Waals surface area contributed by atoms with Crippen LogP contribution in [0.15, 0.2) is 29.4 Å². The molecule has 0 spiro atoms. The van der Waals surface area contributed by atoms with Crippen LogP contribution in [0.4, 0.5) is 16.2 Å². The number of nitrogens with one attached hydrogen (secondary N) is 3. The third kappa shape index (κ3) is 5.39. The lowest BCUT2D eigenvalue weighted by Crippen LogP contribution is -2.34. The first-order valence-corrected chi connectivity index (χ1v) is 5.58. The molecule has 108 valence electrons. The molecule has 3 amide bonds. The van der Waals surface area contributed by atoms with Gasteiger partial charge in [-0.2, -0.15) is 10.4 Å². The van der Waals surface area contributed by atoms with Gasteiger partial charge in [-0.1, -0.05) is 6.07 Å². The predicted molar refractivity (Wildman–Crippen MR) is 73.6 cm³/mol. The van der Waals surface area contributed by atoms with Crippen LogP contribution in [-0.2, 0) is 9.59 Å². The summed E-state index contributed by atoms with van der Waals surface area (Å²) in [5.74, 6) is -1.40. The van der Waals surface area contributed by atoms with Gasteiger partial charge < -0.3 is 10.4 Å². The van der Waals surface area contributed by atoms with Crippen molar-refractivity contribution in [2.24, 2.45) is 5.10 Å². The van der Waals surface area contributed by atoms with Gasteiger partial charge in [0, 0.05) is 12.6 Å². The van der Waals surface area contributed by atoms with Gasteiger partial charge in [0.1, 0.15) is 6.07 Å². The second kappa shape index (κ2) is 7.25. The van der Waals surface area contributed by atoms with Crippen LogP contribution in [0.3, 0.4) is 0 Å². The molecule has 0 heterocycles. The maximum absolute atomic E-state index is 11.3. The summed E-state index contributed by atoms with van der Waals surface area (Å²) in [5.41, 5.74) is 2.67. The number of carbonyl (C=O) groups is 3. The van der Waals surface area contributed by atoms with Crippen molar-refractivity contribution < 1.29 is 19.5 Å². The summed E-state index contributed by atoms with van der Waals surface area (Å²) < 4.78 is 0. The zero-order valence-electron chi connectivity index (χ0n) is 10.9. The molecule has 0 bridgehead atoms. The minimum absolute atomic E-state index is 0.255. The zero-order valence-corrected chi connectivity index (χ0v) is 10.9. The third-order valence-electron chi connectivity index (χ3n) is 2.02. The SMILES string of the molecule is CC(=O)Nc1cccc(NN=C(C#N)C(=O)NC(=O)O)c1. The molecule has 1 aromatic rings. The van der Waals surface area contributed by atoms with Crippen LogP contribution in [0.1, 0.15) is 6.92 Å². The fourth-order valence-corrected chi connectivity index (χ4v) is 1.27. The monoisotopic (exact) mass is 289 g/mol. The molecule has 0 aromatic heterocycles. The third-order valence-corrected chi connectivity index (χ3v) is 2.02. The number of nitriles is 1. The molecule has 9 heteroatoms. The maximum atomic E-state index is 11.3. The second-order valence-electron chi connectivity index (χ2n) is 3.71. The van der Waals surface area contributed by atoms with Gasteiger partial charge in [0.15, 0.2) is 0 Å². The molecular weight excluding hydrogens is 278 g/mol. The Bertz CT molecular complexity index is 647. The summed E-state index contributed by atoms with van der Waals surface area (Å²) in [6, 6.07) is 7.83. The van der Waals surface area contributed by atoms with Crippen molar-refractivity contribution in [1.82, 2.24) is 5.32 Å². The number of nitrogens with zero attached hydrogens (tertiary/aromatic N) is 2. The number of amides is 3. The first kappa shape index (κ1) is 15.6. The van der Waals surface area contributed by atoms with Gasteiger partial charge in [-0.25, -0.2) is 4.79 Å². The van der Waals surface area contributed by atoms with Crippen molar-refractivity contribution >= 4 is 35.0 Å². The smallest absolute Gasteiger partial charge is 0.411 e. The van der Waals surface area contributed by atoms with Gasteiger partial charge in [0.25, 0.3) is 5.91 Å². The Morgan fingerprint density at radius 1 is 1.29 bits per heavy atom. The molecule has 0 saturated carbocycles. The molecule has 0 aliphatic rings. The lowest BCUT2D eigenvalue weighted by atomic mass is 10.3. The highest BCUT2D eigenvalue weighted by atomic mass is 16.4. The Kier molecular flexibility index (Phi) is 5.40. The van der Waals surface area contributed by atoms with E-state index in [1.165, 1.54) is 24.4 Å². The van der Waals surface area contributed by atoms with Crippen LogP contribution in [0, 0.1) is 11.3 Å². The fraction of sp³-hybridized carbons (Fsp3) is 0.0833. The number of carbonyl (C=O) groups excluding carboxylic acids is 2. The van der Waals surface area contributed by atoms with E-state index in [0.717, 1.165) is 0 Å². The summed E-state index contributed by atoms with van der Waals surface area (Å²) in [5, 5.41) is 24.7. The van der Waals surface area contributed by atoms with Crippen molar-refractivity contribution in [3.05, 3.63) is 24.3 Å². The largest absolute Gasteiger partial charge is 0.465 e. The van der Waals surface area contributed by atoms with Crippen molar-refractivity contribution in [3.8, 4) is 6.07 Å². The molecular formula is C12H11N5O4. The number of benzene rings is 1. The van der Waals surface area contributed by atoms with Gasteiger partial charge in [-0.15, -0.1) is 0 Å². The van der Waals surface area contributed by atoms with Crippen LogP contribution >= 0.6 is 0 Å². The lowest BCUT2D eigenvalue weighted by Gasteiger charge is -2.05. The first-order valence-electron chi connectivity index (χ1n) is 5.58. The van der Waals surface area contributed by atoms with Gasteiger partial charge in [-0.05, 0) is 18.2 Å². The quantitative estimate of drug-likeness (QED) is 0.475.